The van der Waals surface area contributed by atoms with E-state index in [2.05, 4.69) is 29.8 Å². The first-order valence-corrected chi connectivity index (χ1v) is 9.13. The first-order chi connectivity index (χ1) is 11.6. The minimum absolute atomic E-state index is 0.106. The van der Waals surface area contributed by atoms with Crippen LogP contribution in [0.4, 0.5) is 10.5 Å². The largest absolute Gasteiger partial charge is 0.347 e. The van der Waals surface area contributed by atoms with Gasteiger partial charge in [-0.3, -0.25) is 4.79 Å². The van der Waals surface area contributed by atoms with Crippen LogP contribution in [0.1, 0.15) is 71.2 Å². The molecule has 1 unspecified atom stereocenters. The number of hydrogen-bond donors (Lipinski definition) is 3. The second kappa shape index (κ2) is 9.44. The number of rotatable bonds is 8. The lowest BCUT2D eigenvalue weighted by molar-refractivity contribution is 0.0911. The maximum atomic E-state index is 12.2. The molecule has 1 aromatic carbocycles. The smallest absolute Gasteiger partial charge is 0.319 e. The number of carbonyl (C=O) groups is 2. The second-order valence-corrected chi connectivity index (χ2v) is 7.74. The van der Waals surface area contributed by atoms with E-state index in [0.717, 1.165) is 19.3 Å². The van der Waals surface area contributed by atoms with E-state index in [-0.39, 0.29) is 23.5 Å². The summed E-state index contributed by atoms with van der Waals surface area (Å²) in [7, 11) is 0. The summed E-state index contributed by atoms with van der Waals surface area (Å²) in [5.74, 6) is 0.522. The monoisotopic (exact) mass is 347 g/mol. The van der Waals surface area contributed by atoms with Crippen LogP contribution in [0.5, 0.6) is 0 Å². The van der Waals surface area contributed by atoms with Crippen molar-refractivity contribution in [2.45, 2.75) is 72.4 Å². The number of benzene rings is 1. The first-order valence-electron chi connectivity index (χ1n) is 9.13. The summed E-state index contributed by atoms with van der Waals surface area (Å²) in [6.07, 6.45) is 2.89. The number of hydrogen-bond acceptors (Lipinski definition) is 2. The lowest BCUT2D eigenvalue weighted by Gasteiger charge is -2.24. The summed E-state index contributed by atoms with van der Waals surface area (Å²) < 4.78 is 0. The van der Waals surface area contributed by atoms with E-state index in [4.69, 9.17) is 0 Å². The predicted molar refractivity (Wildman–Crippen MR) is 104 cm³/mol. The van der Waals surface area contributed by atoms with Crippen molar-refractivity contribution >= 4 is 17.6 Å². The molecule has 5 nitrogen and oxygen atoms in total. The molecule has 0 aliphatic carbocycles. The average molecular weight is 348 g/mol. The van der Waals surface area contributed by atoms with Gasteiger partial charge in [0.1, 0.15) is 0 Å². The topological polar surface area (TPSA) is 70.2 Å². The molecule has 0 spiro atoms. The Labute approximate surface area is 152 Å². The van der Waals surface area contributed by atoms with E-state index in [9.17, 15) is 9.59 Å². The van der Waals surface area contributed by atoms with Gasteiger partial charge in [0, 0.05) is 22.8 Å². The van der Waals surface area contributed by atoms with Crippen molar-refractivity contribution in [2.24, 2.45) is 5.92 Å². The molecule has 140 valence electrons. The molecule has 0 saturated heterocycles. The molecular weight excluding hydrogens is 314 g/mol. The van der Waals surface area contributed by atoms with Crippen LogP contribution in [-0.4, -0.2) is 23.5 Å². The van der Waals surface area contributed by atoms with Gasteiger partial charge in [0.15, 0.2) is 0 Å². The molecule has 1 aromatic rings. The lowest BCUT2D eigenvalue weighted by atomic mass is 10.0. The molecule has 0 bridgehead atoms. The Kier molecular flexibility index (Phi) is 7.94. The normalized spacial score (nSPS) is 12.6. The summed E-state index contributed by atoms with van der Waals surface area (Å²) in [6, 6.07) is 6.83. The third kappa shape index (κ3) is 8.05. The van der Waals surface area contributed by atoms with Gasteiger partial charge in [0.05, 0.1) is 0 Å². The van der Waals surface area contributed by atoms with Crippen LogP contribution in [0.2, 0.25) is 0 Å². The van der Waals surface area contributed by atoms with Crippen LogP contribution >= 0.6 is 0 Å². The van der Waals surface area contributed by atoms with Crippen LogP contribution in [-0.2, 0) is 0 Å². The maximum Gasteiger partial charge on any atom is 0.319 e. The number of anilines is 1. The van der Waals surface area contributed by atoms with Crippen molar-refractivity contribution in [2.75, 3.05) is 5.32 Å². The highest BCUT2D eigenvalue weighted by Gasteiger charge is 2.18. The highest BCUT2D eigenvalue weighted by atomic mass is 16.2. The third-order valence-corrected chi connectivity index (χ3v) is 4.30. The molecule has 0 heterocycles. The Morgan fingerprint density at radius 2 is 1.64 bits per heavy atom. The van der Waals surface area contributed by atoms with E-state index in [1.807, 2.05) is 27.7 Å². The third-order valence-electron chi connectivity index (χ3n) is 4.30. The van der Waals surface area contributed by atoms with Crippen LogP contribution in [0.25, 0.3) is 0 Å². The molecule has 0 saturated carbocycles. The minimum atomic E-state index is -0.236. The Morgan fingerprint density at radius 3 is 2.16 bits per heavy atom. The van der Waals surface area contributed by atoms with Crippen LogP contribution in [0.15, 0.2) is 24.3 Å². The molecule has 0 aliphatic rings. The van der Waals surface area contributed by atoms with E-state index < -0.39 is 0 Å². The molecule has 1 atom stereocenters. The summed E-state index contributed by atoms with van der Waals surface area (Å²) in [5, 5.41) is 8.73. The van der Waals surface area contributed by atoms with Gasteiger partial charge in [-0.25, -0.2) is 4.79 Å². The standard InChI is InChI=1S/C20H33N3O2/c1-7-20(5,6)23-18(24)16-10-12-17(13-11-16)22-19(25)21-15(4)9-8-14(2)3/h10-15H,7-9H2,1-6H3,(H,23,24)(H2,21,22,25). The zero-order valence-corrected chi connectivity index (χ0v) is 16.4. The van der Waals surface area contributed by atoms with E-state index >= 15 is 0 Å². The van der Waals surface area contributed by atoms with Gasteiger partial charge in [0.2, 0.25) is 0 Å². The first kappa shape index (κ1) is 21.0. The number of urea groups is 1. The zero-order chi connectivity index (χ0) is 19.0. The fourth-order valence-corrected chi connectivity index (χ4v) is 2.22. The van der Waals surface area contributed by atoms with Gasteiger partial charge in [-0.15, -0.1) is 0 Å². The summed E-state index contributed by atoms with van der Waals surface area (Å²) >= 11 is 0. The molecule has 5 heteroatoms. The summed E-state index contributed by atoms with van der Waals surface area (Å²) in [6.45, 7) is 12.4. The van der Waals surface area contributed by atoms with Crippen molar-refractivity contribution in [1.29, 1.82) is 0 Å². The van der Waals surface area contributed by atoms with Crippen molar-refractivity contribution in [3.05, 3.63) is 29.8 Å². The van der Waals surface area contributed by atoms with Crippen LogP contribution in [0.3, 0.4) is 0 Å². The van der Waals surface area contributed by atoms with E-state index in [0.29, 0.717) is 17.2 Å². The lowest BCUT2D eigenvalue weighted by Crippen LogP contribution is -2.42. The number of nitrogens with one attached hydrogen (secondary N) is 3. The Hall–Kier alpha value is -2.04. The molecule has 0 aromatic heterocycles. The van der Waals surface area contributed by atoms with Crippen molar-refractivity contribution in [3.8, 4) is 0 Å². The van der Waals surface area contributed by atoms with Crippen LogP contribution in [0, 0.1) is 5.92 Å². The molecule has 1 rings (SSSR count). The Balaban J connectivity index is 2.53. The average Bonchev–Trinajstić information content (AvgIpc) is 2.53. The highest BCUT2D eigenvalue weighted by Crippen LogP contribution is 2.13. The predicted octanol–water partition coefficient (Wildman–Crippen LogP) is 4.55. The van der Waals surface area contributed by atoms with Crippen molar-refractivity contribution in [1.82, 2.24) is 10.6 Å². The molecule has 3 amide bonds. The van der Waals surface area contributed by atoms with Gasteiger partial charge < -0.3 is 16.0 Å². The van der Waals surface area contributed by atoms with Crippen molar-refractivity contribution in [3.63, 3.8) is 0 Å². The SMILES string of the molecule is CCC(C)(C)NC(=O)c1ccc(NC(=O)NC(C)CCC(C)C)cc1. The summed E-state index contributed by atoms with van der Waals surface area (Å²) in [4.78, 5) is 24.2. The molecule has 3 N–H and O–H groups in total. The highest BCUT2D eigenvalue weighted by molar-refractivity contribution is 5.96. The Morgan fingerprint density at radius 1 is 1.04 bits per heavy atom. The second-order valence-electron chi connectivity index (χ2n) is 7.74. The maximum absolute atomic E-state index is 12.2. The quantitative estimate of drug-likeness (QED) is 0.645. The number of carbonyl (C=O) groups excluding carboxylic acids is 2. The van der Waals surface area contributed by atoms with Gasteiger partial charge >= 0.3 is 6.03 Å². The minimum Gasteiger partial charge on any atom is -0.347 e. The van der Waals surface area contributed by atoms with E-state index in [1.165, 1.54) is 0 Å². The van der Waals surface area contributed by atoms with Gasteiger partial charge in [-0.05, 0) is 70.2 Å². The van der Waals surface area contributed by atoms with Crippen molar-refractivity contribution < 1.29 is 9.59 Å². The molecule has 0 radical (unpaired) electrons. The van der Waals surface area contributed by atoms with Gasteiger partial charge in [-0.1, -0.05) is 20.8 Å². The molecule has 0 fully saturated rings. The fraction of sp³-hybridized carbons (Fsp3) is 0.600. The van der Waals surface area contributed by atoms with Gasteiger partial charge in [-0.2, -0.15) is 0 Å². The van der Waals surface area contributed by atoms with Crippen LogP contribution < -0.4 is 16.0 Å². The molecular formula is C20H33N3O2. The fourth-order valence-electron chi connectivity index (χ4n) is 2.22. The molecule has 0 aliphatic heterocycles. The number of amides is 3. The summed E-state index contributed by atoms with van der Waals surface area (Å²) in [5.41, 5.74) is 1.01. The molecule has 25 heavy (non-hydrogen) atoms. The Bertz CT molecular complexity index is 565. The van der Waals surface area contributed by atoms with Gasteiger partial charge in [0.25, 0.3) is 5.91 Å². The zero-order valence-electron chi connectivity index (χ0n) is 16.4. The van der Waals surface area contributed by atoms with E-state index in [1.54, 1.807) is 24.3 Å².